The van der Waals surface area contributed by atoms with Crippen molar-refractivity contribution in [1.29, 1.82) is 0 Å². The molecule has 2 amide bonds. The zero-order valence-electron chi connectivity index (χ0n) is 11.1. The Bertz CT molecular complexity index is 369. The van der Waals surface area contributed by atoms with Crippen LogP contribution in [0.25, 0.3) is 0 Å². The van der Waals surface area contributed by atoms with E-state index in [0.717, 1.165) is 0 Å². The maximum atomic E-state index is 12.0. The second-order valence-electron chi connectivity index (χ2n) is 4.88. The zero-order valence-corrected chi connectivity index (χ0v) is 11.1. The summed E-state index contributed by atoms with van der Waals surface area (Å²) < 4.78 is 0. The molecule has 0 bridgehead atoms. The summed E-state index contributed by atoms with van der Waals surface area (Å²) >= 11 is 0. The lowest BCUT2D eigenvalue weighted by molar-refractivity contribution is -0.159. The molecule has 1 heterocycles. The van der Waals surface area contributed by atoms with Gasteiger partial charge in [-0.15, -0.1) is 0 Å². The molecule has 4 atom stereocenters. The second-order valence-corrected chi connectivity index (χ2v) is 4.88. The number of hydrogen-bond donors (Lipinski definition) is 2. The standard InChI is InChI=1S/C12H20N2O4/c1-6-5-9(15)14(8(3)11(16)13-4)7(2)10(6)12(17)18/h6-8,10H,5H2,1-4H3,(H,13,16)(H,17,18). The van der Waals surface area contributed by atoms with Gasteiger partial charge < -0.3 is 15.3 Å². The van der Waals surface area contributed by atoms with Gasteiger partial charge in [-0.3, -0.25) is 14.4 Å². The quantitative estimate of drug-likeness (QED) is 0.748. The number of aliphatic carboxylic acids is 1. The van der Waals surface area contributed by atoms with Crippen molar-refractivity contribution in [2.45, 2.75) is 39.3 Å². The van der Waals surface area contributed by atoms with Crippen LogP contribution in [0, 0.1) is 11.8 Å². The third-order valence-electron chi connectivity index (χ3n) is 3.68. The number of carboxylic acid groups (broad SMARTS) is 1. The number of nitrogens with one attached hydrogen (secondary N) is 1. The Morgan fingerprint density at radius 2 is 2.00 bits per heavy atom. The molecule has 0 aliphatic carbocycles. The molecule has 2 N–H and O–H groups in total. The monoisotopic (exact) mass is 256 g/mol. The fourth-order valence-corrected chi connectivity index (χ4v) is 2.74. The Balaban J connectivity index is 3.00. The molecule has 102 valence electrons. The van der Waals surface area contributed by atoms with Crippen molar-refractivity contribution < 1.29 is 19.5 Å². The molecule has 6 heteroatoms. The van der Waals surface area contributed by atoms with Crippen molar-refractivity contribution in [3.05, 3.63) is 0 Å². The highest BCUT2D eigenvalue weighted by Crippen LogP contribution is 2.31. The van der Waals surface area contributed by atoms with Crippen molar-refractivity contribution in [2.75, 3.05) is 7.05 Å². The summed E-state index contributed by atoms with van der Waals surface area (Å²) in [6.45, 7) is 5.06. The first-order chi connectivity index (χ1) is 8.31. The maximum Gasteiger partial charge on any atom is 0.308 e. The topological polar surface area (TPSA) is 86.7 Å². The second kappa shape index (κ2) is 5.37. The van der Waals surface area contributed by atoms with E-state index < -0.39 is 24.0 Å². The first-order valence-corrected chi connectivity index (χ1v) is 6.06. The molecule has 18 heavy (non-hydrogen) atoms. The van der Waals surface area contributed by atoms with E-state index in [1.807, 2.05) is 0 Å². The summed E-state index contributed by atoms with van der Waals surface area (Å²) in [6, 6.07) is -1.13. The van der Waals surface area contributed by atoms with Crippen LogP contribution < -0.4 is 5.32 Å². The molecular weight excluding hydrogens is 236 g/mol. The fourth-order valence-electron chi connectivity index (χ4n) is 2.74. The number of piperidine rings is 1. The Morgan fingerprint density at radius 3 is 2.44 bits per heavy atom. The van der Waals surface area contributed by atoms with Gasteiger partial charge in [-0.25, -0.2) is 0 Å². The van der Waals surface area contributed by atoms with E-state index in [9.17, 15) is 19.5 Å². The molecule has 0 spiro atoms. The largest absolute Gasteiger partial charge is 0.481 e. The van der Waals surface area contributed by atoms with Crippen LogP contribution in [0.15, 0.2) is 0 Å². The number of rotatable bonds is 3. The fraction of sp³-hybridized carbons (Fsp3) is 0.750. The van der Waals surface area contributed by atoms with Gasteiger partial charge in [0.05, 0.1) is 5.92 Å². The van der Waals surface area contributed by atoms with E-state index in [-0.39, 0.29) is 24.2 Å². The van der Waals surface area contributed by atoms with Crippen LogP contribution in [-0.4, -0.2) is 46.9 Å². The van der Waals surface area contributed by atoms with Crippen molar-refractivity contribution in [2.24, 2.45) is 11.8 Å². The number of likely N-dealkylation sites (tertiary alicyclic amines) is 1. The molecule has 0 saturated carbocycles. The van der Waals surface area contributed by atoms with Gasteiger partial charge in [0.25, 0.3) is 0 Å². The molecule has 6 nitrogen and oxygen atoms in total. The number of hydrogen-bond acceptors (Lipinski definition) is 3. The molecule has 0 aromatic rings. The molecule has 1 saturated heterocycles. The van der Waals surface area contributed by atoms with Gasteiger partial charge in [-0.2, -0.15) is 0 Å². The minimum Gasteiger partial charge on any atom is -0.481 e. The summed E-state index contributed by atoms with van der Waals surface area (Å²) in [6.07, 6.45) is 0.169. The summed E-state index contributed by atoms with van der Waals surface area (Å²) in [5.74, 6) is -2.21. The minimum atomic E-state index is -0.920. The summed E-state index contributed by atoms with van der Waals surface area (Å²) in [4.78, 5) is 36.2. The lowest BCUT2D eigenvalue weighted by Gasteiger charge is -2.43. The normalized spacial score (nSPS) is 29.9. The zero-order chi connectivity index (χ0) is 14.0. The van der Waals surface area contributed by atoms with Gasteiger partial charge in [-0.05, 0) is 19.8 Å². The first-order valence-electron chi connectivity index (χ1n) is 6.06. The van der Waals surface area contributed by atoms with Gasteiger partial charge >= 0.3 is 5.97 Å². The lowest BCUT2D eigenvalue weighted by Crippen LogP contribution is -2.59. The first kappa shape index (κ1) is 14.5. The van der Waals surface area contributed by atoms with Gasteiger partial charge in [0.2, 0.25) is 11.8 Å². The van der Waals surface area contributed by atoms with E-state index in [1.54, 1.807) is 20.8 Å². The Hall–Kier alpha value is -1.59. The van der Waals surface area contributed by atoms with E-state index >= 15 is 0 Å². The van der Waals surface area contributed by atoms with Gasteiger partial charge in [-0.1, -0.05) is 6.92 Å². The molecule has 1 aliphatic rings. The van der Waals surface area contributed by atoms with Crippen LogP contribution in [-0.2, 0) is 14.4 Å². The predicted octanol–water partition coefficient (Wildman–Crippen LogP) is 0.0786. The molecule has 4 unspecified atom stereocenters. The van der Waals surface area contributed by atoms with Crippen molar-refractivity contribution in [3.8, 4) is 0 Å². The molecule has 0 aromatic carbocycles. The third-order valence-corrected chi connectivity index (χ3v) is 3.68. The van der Waals surface area contributed by atoms with Gasteiger partial charge in [0.15, 0.2) is 0 Å². The SMILES string of the molecule is CNC(=O)C(C)N1C(=O)CC(C)C(C(=O)O)C1C. The average molecular weight is 256 g/mol. The number of likely N-dealkylation sites (N-methyl/N-ethyl adjacent to an activating group) is 1. The molecule has 0 aromatic heterocycles. The van der Waals surface area contributed by atoms with Crippen molar-refractivity contribution >= 4 is 17.8 Å². The Labute approximate surface area is 106 Å². The highest BCUT2D eigenvalue weighted by atomic mass is 16.4. The highest BCUT2D eigenvalue weighted by Gasteiger charge is 2.44. The van der Waals surface area contributed by atoms with Crippen LogP contribution in [0.3, 0.4) is 0 Å². The number of amides is 2. The summed E-state index contributed by atoms with van der Waals surface area (Å²) in [5, 5.41) is 11.7. The molecule has 1 aliphatic heterocycles. The summed E-state index contributed by atoms with van der Waals surface area (Å²) in [5.41, 5.74) is 0. The van der Waals surface area contributed by atoms with Gasteiger partial charge in [0, 0.05) is 19.5 Å². The van der Waals surface area contributed by atoms with E-state index in [4.69, 9.17) is 0 Å². The summed E-state index contributed by atoms with van der Waals surface area (Å²) in [7, 11) is 1.50. The van der Waals surface area contributed by atoms with E-state index in [2.05, 4.69) is 5.32 Å². The molecule has 0 radical (unpaired) electrons. The number of carboxylic acids is 1. The van der Waals surface area contributed by atoms with E-state index in [0.29, 0.717) is 0 Å². The average Bonchev–Trinajstić information content (AvgIpc) is 2.26. The van der Waals surface area contributed by atoms with Crippen molar-refractivity contribution in [1.82, 2.24) is 10.2 Å². The predicted molar refractivity (Wildman–Crippen MR) is 64.7 cm³/mol. The van der Waals surface area contributed by atoms with Crippen LogP contribution in [0.5, 0.6) is 0 Å². The Morgan fingerprint density at radius 1 is 1.44 bits per heavy atom. The van der Waals surface area contributed by atoms with Crippen LogP contribution in [0.1, 0.15) is 27.2 Å². The number of carbonyl (C=O) groups excluding carboxylic acids is 2. The smallest absolute Gasteiger partial charge is 0.308 e. The van der Waals surface area contributed by atoms with Gasteiger partial charge in [0.1, 0.15) is 6.04 Å². The Kier molecular flexibility index (Phi) is 4.32. The van der Waals surface area contributed by atoms with E-state index in [1.165, 1.54) is 11.9 Å². The van der Waals surface area contributed by atoms with Crippen LogP contribution >= 0.6 is 0 Å². The minimum absolute atomic E-state index is 0.163. The highest BCUT2D eigenvalue weighted by molar-refractivity contribution is 5.89. The van der Waals surface area contributed by atoms with Crippen molar-refractivity contribution in [3.63, 3.8) is 0 Å². The molecular formula is C12H20N2O4. The van der Waals surface area contributed by atoms with Crippen LogP contribution in [0.4, 0.5) is 0 Å². The number of nitrogens with zero attached hydrogens (tertiary/aromatic N) is 1. The third kappa shape index (κ3) is 2.47. The lowest BCUT2D eigenvalue weighted by atomic mass is 9.80. The molecule has 1 rings (SSSR count). The maximum absolute atomic E-state index is 12.0. The molecule has 1 fully saturated rings. The van der Waals surface area contributed by atoms with Crippen LogP contribution in [0.2, 0.25) is 0 Å². The number of carbonyl (C=O) groups is 3.